The maximum atomic E-state index is 12.6. The van der Waals surface area contributed by atoms with Gasteiger partial charge in [-0.1, -0.05) is 35.5 Å². The summed E-state index contributed by atoms with van der Waals surface area (Å²) in [5.41, 5.74) is 1.96. The molecule has 1 amide bonds. The van der Waals surface area contributed by atoms with Crippen LogP contribution < -0.4 is 20.1 Å². The first-order valence-electron chi connectivity index (χ1n) is 11.4. The molecule has 1 aliphatic heterocycles. The highest BCUT2D eigenvalue weighted by Gasteiger charge is 2.28. The van der Waals surface area contributed by atoms with Crippen LogP contribution in [0.5, 0.6) is 11.5 Å². The van der Waals surface area contributed by atoms with Gasteiger partial charge in [0.2, 0.25) is 5.91 Å². The van der Waals surface area contributed by atoms with Crippen LogP contribution in [-0.2, 0) is 24.4 Å². The molecule has 2 heterocycles. The molecule has 0 radical (unpaired) electrons. The molecule has 1 fully saturated rings. The summed E-state index contributed by atoms with van der Waals surface area (Å²) in [6, 6.07) is 19.3. The molecule has 4 rings (SSSR count). The lowest BCUT2D eigenvalue weighted by molar-refractivity contribution is -0.122. The van der Waals surface area contributed by atoms with E-state index in [1.54, 1.807) is 7.11 Å². The normalized spacial score (nSPS) is 18.0. The number of benzene rings is 2. The van der Waals surface area contributed by atoms with E-state index in [-0.39, 0.29) is 5.91 Å². The van der Waals surface area contributed by atoms with Crippen molar-refractivity contribution in [3.63, 3.8) is 0 Å². The van der Waals surface area contributed by atoms with Crippen LogP contribution in [0.15, 0.2) is 65.2 Å². The van der Waals surface area contributed by atoms with Gasteiger partial charge in [-0.2, -0.15) is 0 Å². The number of nitrogens with one attached hydrogen (secondary N) is 2. The molecule has 0 saturated carbocycles. The number of aromatic nitrogens is 1. The number of carbonyl (C=O) groups is 1. The van der Waals surface area contributed by atoms with Gasteiger partial charge in [0, 0.05) is 19.0 Å². The minimum Gasteiger partial charge on any atom is -0.497 e. The van der Waals surface area contributed by atoms with E-state index >= 15 is 0 Å². The summed E-state index contributed by atoms with van der Waals surface area (Å²) in [7, 11) is 1.64. The van der Waals surface area contributed by atoms with Crippen molar-refractivity contribution in [2.75, 3.05) is 20.2 Å². The first-order chi connectivity index (χ1) is 16.2. The molecular formula is C26H31N3O4. The zero-order valence-corrected chi connectivity index (χ0v) is 19.0. The van der Waals surface area contributed by atoms with Crippen LogP contribution in [0.2, 0.25) is 0 Å². The van der Waals surface area contributed by atoms with E-state index in [1.165, 1.54) is 0 Å². The van der Waals surface area contributed by atoms with Gasteiger partial charge in [-0.25, -0.2) is 0 Å². The van der Waals surface area contributed by atoms with E-state index in [9.17, 15) is 4.79 Å². The van der Waals surface area contributed by atoms with Crippen LogP contribution in [0.1, 0.15) is 29.9 Å². The topological polar surface area (TPSA) is 85.6 Å². The van der Waals surface area contributed by atoms with E-state index in [4.69, 9.17) is 14.0 Å². The van der Waals surface area contributed by atoms with Gasteiger partial charge in [0.05, 0.1) is 12.8 Å². The summed E-state index contributed by atoms with van der Waals surface area (Å²) < 4.78 is 16.4. The Bertz CT molecular complexity index is 1000. The van der Waals surface area contributed by atoms with Crippen LogP contribution in [-0.4, -0.2) is 31.3 Å². The number of ether oxygens (including phenoxy) is 2. The SMILES string of the molecule is COc1ccc(CNC(=O)C[C@@H]2CCNC[C@@H]2Cc2cc(COc3ccccc3)on2)cc1. The second kappa shape index (κ2) is 11.5. The quantitative estimate of drug-likeness (QED) is 0.491. The largest absolute Gasteiger partial charge is 0.497 e. The molecule has 0 spiro atoms. The van der Waals surface area contributed by atoms with Gasteiger partial charge in [0.25, 0.3) is 0 Å². The molecule has 2 N–H and O–H groups in total. The Morgan fingerprint density at radius 2 is 1.94 bits per heavy atom. The third-order valence-electron chi connectivity index (χ3n) is 6.06. The highest BCUT2D eigenvalue weighted by molar-refractivity contribution is 5.76. The Morgan fingerprint density at radius 1 is 1.12 bits per heavy atom. The molecule has 7 heteroatoms. The summed E-state index contributed by atoms with van der Waals surface area (Å²) >= 11 is 0. The fourth-order valence-corrected chi connectivity index (χ4v) is 4.20. The van der Waals surface area contributed by atoms with Crippen molar-refractivity contribution in [3.8, 4) is 11.5 Å². The molecular weight excluding hydrogens is 418 g/mol. The van der Waals surface area contributed by atoms with Crippen LogP contribution >= 0.6 is 0 Å². The number of piperidine rings is 1. The third kappa shape index (κ3) is 6.83. The van der Waals surface area contributed by atoms with Crippen molar-refractivity contribution in [2.45, 2.75) is 32.4 Å². The minimum atomic E-state index is 0.0832. The average molecular weight is 450 g/mol. The molecule has 7 nitrogen and oxygen atoms in total. The highest BCUT2D eigenvalue weighted by Crippen LogP contribution is 2.26. The van der Waals surface area contributed by atoms with Crippen molar-refractivity contribution in [1.82, 2.24) is 15.8 Å². The van der Waals surface area contributed by atoms with Crippen molar-refractivity contribution in [3.05, 3.63) is 77.7 Å². The first-order valence-corrected chi connectivity index (χ1v) is 11.4. The van der Waals surface area contributed by atoms with Gasteiger partial charge < -0.3 is 24.6 Å². The van der Waals surface area contributed by atoms with Gasteiger partial charge in [0.1, 0.15) is 18.1 Å². The van der Waals surface area contributed by atoms with Gasteiger partial charge in [-0.3, -0.25) is 4.79 Å². The van der Waals surface area contributed by atoms with E-state index in [0.717, 1.165) is 48.7 Å². The summed E-state index contributed by atoms with van der Waals surface area (Å²) in [5, 5.41) is 10.7. The lowest BCUT2D eigenvalue weighted by Gasteiger charge is -2.31. The highest BCUT2D eigenvalue weighted by atomic mass is 16.5. The molecule has 0 unspecified atom stereocenters. The second-order valence-corrected chi connectivity index (χ2v) is 8.43. The molecule has 0 aliphatic carbocycles. The zero-order valence-electron chi connectivity index (χ0n) is 19.0. The number of hydrogen-bond donors (Lipinski definition) is 2. The number of para-hydroxylation sites is 1. The molecule has 1 aliphatic rings. The molecule has 1 aromatic heterocycles. The van der Waals surface area contributed by atoms with E-state index in [0.29, 0.717) is 37.2 Å². The predicted molar refractivity (Wildman–Crippen MR) is 125 cm³/mol. The lowest BCUT2D eigenvalue weighted by atomic mass is 9.81. The van der Waals surface area contributed by atoms with Crippen LogP contribution in [0.3, 0.4) is 0 Å². The summed E-state index contributed by atoms with van der Waals surface area (Å²) in [5.74, 6) is 3.03. The Labute approximate surface area is 194 Å². The van der Waals surface area contributed by atoms with E-state index in [2.05, 4.69) is 15.8 Å². The van der Waals surface area contributed by atoms with Crippen LogP contribution in [0, 0.1) is 11.8 Å². The Morgan fingerprint density at radius 3 is 2.73 bits per heavy atom. The van der Waals surface area contributed by atoms with Gasteiger partial charge >= 0.3 is 0 Å². The van der Waals surface area contributed by atoms with Crippen LogP contribution in [0.4, 0.5) is 0 Å². The Kier molecular flexibility index (Phi) is 7.98. The molecule has 2 atom stereocenters. The number of methoxy groups -OCH3 is 1. The maximum absolute atomic E-state index is 12.6. The molecule has 33 heavy (non-hydrogen) atoms. The number of hydrogen-bond acceptors (Lipinski definition) is 6. The smallest absolute Gasteiger partial charge is 0.220 e. The molecule has 3 aromatic rings. The number of nitrogens with zero attached hydrogens (tertiary/aromatic N) is 1. The standard InChI is InChI=1S/C26H31N3O4/c1-31-23-9-7-19(8-10-23)16-28-26(30)14-20-11-12-27-17-21(20)13-22-15-25(33-29-22)18-32-24-5-3-2-4-6-24/h2-10,15,20-21,27H,11-14,16-18H2,1H3,(H,28,30)/t20-,21-/m0/s1. The fourth-order valence-electron chi connectivity index (χ4n) is 4.20. The average Bonchev–Trinajstić information content (AvgIpc) is 3.31. The summed E-state index contributed by atoms with van der Waals surface area (Å²) in [6.07, 6.45) is 2.27. The third-order valence-corrected chi connectivity index (χ3v) is 6.06. The predicted octanol–water partition coefficient (Wildman–Crippen LogP) is 3.74. The van der Waals surface area contributed by atoms with Crippen LogP contribution in [0.25, 0.3) is 0 Å². The molecule has 0 bridgehead atoms. The molecule has 174 valence electrons. The monoisotopic (exact) mass is 449 g/mol. The van der Waals surface area contributed by atoms with Crippen molar-refractivity contribution >= 4 is 5.91 Å². The minimum absolute atomic E-state index is 0.0832. The Hall–Kier alpha value is -3.32. The Balaban J connectivity index is 1.26. The summed E-state index contributed by atoms with van der Waals surface area (Å²) in [6.45, 7) is 2.67. The first kappa shape index (κ1) is 22.9. The van der Waals surface area contributed by atoms with Gasteiger partial charge in [0.15, 0.2) is 5.76 Å². The number of rotatable bonds is 10. The molecule has 2 aromatic carbocycles. The zero-order chi connectivity index (χ0) is 22.9. The van der Waals surface area contributed by atoms with Gasteiger partial charge in [-0.05, 0) is 67.6 Å². The van der Waals surface area contributed by atoms with Crippen molar-refractivity contribution < 1.29 is 18.8 Å². The van der Waals surface area contributed by atoms with E-state index in [1.807, 2.05) is 60.7 Å². The van der Waals surface area contributed by atoms with E-state index < -0.39 is 0 Å². The lowest BCUT2D eigenvalue weighted by Crippen LogP contribution is -2.40. The number of amides is 1. The van der Waals surface area contributed by atoms with Crippen molar-refractivity contribution in [1.29, 1.82) is 0 Å². The van der Waals surface area contributed by atoms with Crippen molar-refractivity contribution in [2.24, 2.45) is 11.8 Å². The number of carbonyl (C=O) groups excluding carboxylic acids is 1. The second-order valence-electron chi connectivity index (χ2n) is 8.43. The van der Waals surface area contributed by atoms with Gasteiger partial charge in [-0.15, -0.1) is 0 Å². The maximum Gasteiger partial charge on any atom is 0.220 e. The fraction of sp³-hybridized carbons (Fsp3) is 0.385. The summed E-state index contributed by atoms with van der Waals surface area (Å²) in [4.78, 5) is 12.6. The molecule has 1 saturated heterocycles.